The molecular weight excluding hydrogens is 256 g/mol. The second-order valence-electron chi connectivity index (χ2n) is 7.52. The summed E-state index contributed by atoms with van der Waals surface area (Å²) in [7, 11) is 0. The van der Waals surface area contributed by atoms with E-state index in [0.717, 1.165) is 6.42 Å². The van der Waals surface area contributed by atoms with Crippen molar-refractivity contribution in [1.29, 1.82) is 0 Å². The lowest BCUT2D eigenvalue weighted by molar-refractivity contribution is 0.0279. The number of nitrogens with one attached hydrogen (secondary N) is 1. The molecule has 0 amide bonds. The van der Waals surface area contributed by atoms with E-state index in [4.69, 9.17) is 0 Å². The summed E-state index contributed by atoms with van der Waals surface area (Å²) >= 11 is 0. The summed E-state index contributed by atoms with van der Waals surface area (Å²) in [6.07, 6.45) is 5.13. The first kappa shape index (κ1) is 16.5. The van der Waals surface area contributed by atoms with Crippen LogP contribution in [0.1, 0.15) is 65.9 Å². The van der Waals surface area contributed by atoms with Crippen molar-refractivity contribution in [2.75, 3.05) is 0 Å². The molecule has 3 atom stereocenters. The Morgan fingerprint density at radius 3 is 2.29 bits per heavy atom. The summed E-state index contributed by atoms with van der Waals surface area (Å²) < 4.78 is 0. The van der Waals surface area contributed by atoms with Crippen molar-refractivity contribution in [3.8, 4) is 0 Å². The minimum absolute atomic E-state index is 0.204. The molecule has 0 spiro atoms. The van der Waals surface area contributed by atoms with Gasteiger partial charge in [-0.1, -0.05) is 50.6 Å². The SMILES string of the molecule is CC(CC(C)(C)c1ccccc1)NN1C(C)CCCC1C. The van der Waals surface area contributed by atoms with Gasteiger partial charge in [0.05, 0.1) is 0 Å². The first-order valence-corrected chi connectivity index (χ1v) is 8.50. The number of piperidine rings is 1. The predicted molar refractivity (Wildman–Crippen MR) is 91.3 cm³/mol. The van der Waals surface area contributed by atoms with Crippen molar-refractivity contribution in [1.82, 2.24) is 10.4 Å². The van der Waals surface area contributed by atoms with E-state index in [-0.39, 0.29) is 5.41 Å². The topological polar surface area (TPSA) is 15.3 Å². The molecule has 2 heteroatoms. The molecule has 0 aromatic heterocycles. The Bertz CT molecular complexity index is 416. The molecular formula is C19H32N2. The first-order chi connectivity index (χ1) is 9.90. The standard InChI is InChI=1S/C19H32N2/c1-15(20-21-16(2)10-9-11-17(21)3)14-19(4,5)18-12-7-6-8-13-18/h6-8,12-13,15-17,20H,9-11,14H2,1-5H3. The average molecular weight is 288 g/mol. The molecule has 1 aliphatic heterocycles. The van der Waals surface area contributed by atoms with Gasteiger partial charge < -0.3 is 0 Å². The summed E-state index contributed by atoms with van der Waals surface area (Å²) in [4.78, 5) is 0. The molecule has 118 valence electrons. The van der Waals surface area contributed by atoms with Gasteiger partial charge >= 0.3 is 0 Å². The van der Waals surface area contributed by atoms with E-state index in [1.807, 2.05) is 0 Å². The van der Waals surface area contributed by atoms with E-state index < -0.39 is 0 Å². The third-order valence-electron chi connectivity index (χ3n) is 4.93. The van der Waals surface area contributed by atoms with Gasteiger partial charge in [0.1, 0.15) is 0 Å². The van der Waals surface area contributed by atoms with Crippen LogP contribution in [-0.4, -0.2) is 23.1 Å². The van der Waals surface area contributed by atoms with Gasteiger partial charge in [-0.25, -0.2) is 5.01 Å². The van der Waals surface area contributed by atoms with Crippen LogP contribution in [0.4, 0.5) is 0 Å². The maximum absolute atomic E-state index is 3.78. The van der Waals surface area contributed by atoms with Crippen LogP contribution in [0.15, 0.2) is 30.3 Å². The molecule has 2 rings (SSSR count). The molecule has 1 aliphatic rings. The quantitative estimate of drug-likeness (QED) is 0.857. The molecule has 21 heavy (non-hydrogen) atoms. The lowest BCUT2D eigenvalue weighted by Gasteiger charge is -2.42. The van der Waals surface area contributed by atoms with Crippen LogP contribution in [0.2, 0.25) is 0 Å². The molecule has 0 radical (unpaired) electrons. The fraction of sp³-hybridized carbons (Fsp3) is 0.684. The lowest BCUT2D eigenvalue weighted by atomic mass is 9.79. The van der Waals surface area contributed by atoms with Gasteiger partial charge in [-0.2, -0.15) is 0 Å². The van der Waals surface area contributed by atoms with Gasteiger partial charge in [0, 0.05) is 18.1 Å². The highest BCUT2D eigenvalue weighted by Crippen LogP contribution is 2.29. The number of benzene rings is 1. The van der Waals surface area contributed by atoms with Crippen molar-refractivity contribution in [3.05, 3.63) is 35.9 Å². The summed E-state index contributed by atoms with van der Waals surface area (Å²) in [5.41, 5.74) is 5.41. The van der Waals surface area contributed by atoms with Crippen molar-refractivity contribution >= 4 is 0 Å². The molecule has 0 saturated carbocycles. The van der Waals surface area contributed by atoms with Gasteiger partial charge in [0.25, 0.3) is 0 Å². The summed E-state index contributed by atoms with van der Waals surface area (Å²) in [6, 6.07) is 12.7. The normalized spacial score (nSPS) is 25.8. The molecule has 1 aromatic rings. The van der Waals surface area contributed by atoms with E-state index in [9.17, 15) is 0 Å². The summed E-state index contributed by atoms with van der Waals surface area (Å²) in [6.45, 7) is 11.7. The lowest BCUT2D eigenvalue weighted by Crippen LogP contribution is -2.55. The molecule has 0 bridgehead atoms. The Morgan fingerprint density at radius 2 is 1.71 bits per heavy atom. The van der Waals surface area contributed by atoms with Gasteiger partial charge in [0.15, 0.2) is 0 Å². The van der Waals surface area contributed by atoms with Gasteiger partial charge in [-0.3, -0.25) is 5.43 Å². The van der Waals surface area contributed by atoms with E-state index in [2.05, 4.69) is 75.4 Å². The van der Waals surface area contributed by atoms with Crippen molar-refractivity contribution in [2.45, 2.75) is 83.8 Å². The highest BCUT2D eigenvalue weighted by molar-refractivity contribution is 5.23. The predicted octanol–water partition coefficient (Wildman–Crippen LogP) is 4.51. The Balaban J connectivity index is 1.96. The minimum Gasteiger partial charge on any atom is -0.252 e. The molecule has 1 heterocycles. The van der Waals surface area contributed by atoms with Crippen LogP contribution in [0.25, 0.3) is 0 Å². The Kier molecular flexibility index (Phi) is 5.45. The highest BCUT2D eigenvalue weighted by Gasteiger charge is 2.28. The molecule has 1 fully saturated rings. The second-order valence-corrected chi connectivity index (χ2v) is 7.52. The van der Waals surface area contributed by atoms with Crippen molar-refractivity contribution in [3.63, 3.8) is 0 Å². The Labute approximate surface area is 130 Å². The maximum Gasteiger partial charge on any atom is 0.0218 e. The number of hydrogen-bond donors (Lipinski definition) is 1. The smallest absolute Gasteiger partial charge is 0.0218 e. The average Bonchev–Trinajstić information content (AvgIpc) is 2.43. The van der Waals surface area contributed by atoms with Crippen LogP contribution in [0.3, 0.4) is 0 Å². The zero-order valence-electron chi connectivity index (χ0n) is 14.4. The second kappa shape index (κ2) is 6.93. The zero-order valence-corrected chi connectivity index (χ0v) is 14.4. The third-order valence-corrected chi connectivity index (χ3v) is 4.93. The van der Waals surface area contributed by atoms with Crippen molar-refractivity contribution < 1.29 is 0 Å². The molecule has 1 saturated heterocycles. The van der Waals surface area contributed by atoms with Crippen LogP contribution in [0.5, 0.6) is 0 Å². The summed E-state index contributed by atoms with van der Waals surface area (Å²) in [5.74, 6) is 0. The third kappa shape index (κ3) is 4.31. The minimum atomic E-state index is 0.204. The van der Waals surface area contributed by atoms with E-state index in [1.54, 1.807) is 0 Å². The fourth-order valence-corrected chi connectivity index (χ4v) is 3.75. The van der Waals surface area contributed by atoms with Crippen LogP contribution >= 0.6 is 0 Å². The molecule has 3 unspecified atom stereocenters. The molecule has 1 N–H and O–H groups in total. The van der Waals surface area contributed by atoms with Crippen LogP contribution < -0.4 is 5.43 Å². The maximum atomic E-state index is 3.78. The highest BCUT2D eigenvalue weighted by atomic mass is 15.5. The van der Waals surface area contributed by atoms with Crippen LogP contribution in [0, 0.1) is 0 Å². The molecule has 0 aliphatic carbocycles. The number of nitrogens with zero attached hydrogens (tertiary/aromatic N) is 1. The Morgan fingerprint density at radius 1 is 1.14 bits per heavy atom. The number of rotatable bonds is 5. The number of hydrazine groups is 1. The first-order valence-electron chi connectivity index (χ1n) is 8.50. The van der Waals surface area contributed by atoms with E-state index in [0.29, 0.717) is 18.1 Å². The van der Waals surface area contributed by atoms with Crippen LogP contribution in [-0.2, 0) is 5.41 Å². The van der Waals surface area contributed by atoms with Gasteiger partial charge in [-0.05, 0) is 51.0 Å². The number of hydrogen-bond acceptors (Lipinski definition) is 2. The molecule has 2 nitrogen and oxygen atoms in total. The van der Waals surface area contributed by atoms with E-state index >= 15 is 0 Å². The zero-order chi connectivity index (χ0) is 15.5. The van der Waals surface area contributed by atoms with Gasteiger partial charge in [0.2, 0.25) is 0 Å². The molecule has 1 aromatic carbocycles. The van der Waals surface area contributed by atoms with E-state index in [1.165, 1.54) is 24.8 Å². The Hall–Kier alpha value is -0.860. The fourth-order valence-electron chi connectivity index (χ4n) is 3.75. The van der Waals surface area contributed by atoms with Crippen molar-refractivity contribution in [2.24, 2.45) is 0 Å². The monoisotopic (exact) mass is 288 g/mol. The largest absolute Gasteiger partial charge is 0.252 e. The summed E-state index contributed by atoms with van der Waals surface area (Å²) in [5, 5.41) is 2.50. The van der Waals surface area contributed by atoms with Gasteiger partial charge in [-0.15, -0.1) is 0 Å².